The first-order chi connectivity index (χ1) is 16.4. The van der Waals surface area contributed by atoms with Crippen LogP contribution in [0.4, 0.5) is 0 Å². The molecule has 7 nitrogen and oxygen atoms in total. The van der Waals surface area contributed by atoms with Gasteiger partial charge in [0.25, 0.3) is 11.8 Å². The molecule has 34 heavy (non-hydrogen) atoms. The highest BCUT2D eigenvalue weighted by atomic mass is 35.5. The number of carbonyl (C=O) groups is 3. The molecule has 0 atom stereocenters. The van der Waals surface area contributed by atoms with Crippen molar-refractivity contribution in [1.82, 2.24) is 15.8 Å². The van der Waals surface area contributed by atoms with Gasteiger partial charge in [-0.25, -0.2) is 0 Å². The van der Waals surface area contributed by atoms with Gasteiger partial charge in [0.05, 0.1) is 17.6 Å². The summed E-state index contributed by atoms with van der Waals surface area (Å²) in [6.07, 6.45) is 4.12. The number of para-hydroxylation sites is 1. The Morgan fingerprint density at radius 3 is 2.56 bits per heavy atom. The van der Waals surface area contributed by atoms with Gasteiger partial charge in [-0.2, -0.15) is 0 Å². The average molecular weight is 518 g/mol. The van der Waals surface area contributed by atoms with E-state index < -0.39 is 5.91 Å². The summed E-state index contributed by atoms with van der Waals surface area (Å²) >= 11 is 12.5. The fourth-order valence-corrected chi connectivity index (χ4v) is 4.66. The molecule has 1 aliphatic heterocycles. The minimum absolute atomic E-state index is 0.109. The van der Waals surface area contributed by atoms with Crippen LogP contribution in [0, 0.1) is 0 Å². The van der Waals surface area contributed by atoms with Gasteiger partial charge in [0, 0.05) is 18.0 Å². The molecular formula is C24H24ClN3O4S2. The molecule has 0 bridgehead atoms. The molecule has 0 radical (unpaired) electrons. The molecule has 3 amide bonds. The smallest absolute Gasteiger partial charge is 0.273 e. The zero-order valence-electron chi connectivity index (χ0n) is 18.5. The van der Waals surface area contributed by atoms with E-state index >= 15 is 0 Å². The number of hydrazine groups is 1. The van der Waals surface area contributed by atoms with Crippen molar-refractivity contribution >= 4 is 63.7 Å². The van der Waals surface area contributed by atoms with Crippen molar-refractivity contribution in [2.45, 2.75) is 25.7 Å². The van der Waals surface area contributed by atoms with E-state index in [1.165, 1.54) is 18.9 Å². The molecule has 1 aliphatic rings. The van der Waals surface area contributed by atoms with Crippen LogP contribution in [0.1, 0.15) is 41.6 Å². The summed E-state index contributed by atoms with van der Waals surface area (Å²) in [7, 11) is 1.47. The Morgan fingerprint density at radius 1 is 1.09 bits per heavy atom. The van der Waals surface area contributed by atoms with Gasteiger partial charge in [0.15, 0.2) is 0 Å². The molecule has 2 aromatic rings. The van der Waals surface area contributed by atoms with E-state index in [-0.39, 0.29) is 18.2 Å². The maximum atomic E-state index is 12.7. The molecule has 10 heteroatoms. The minimum Gasteiger partial charge on any atom is -0.496 e. The fourth-order valence-electron chi connectivity index (χ4n) is 3.22. The van der Waals surface area contributed by atoms with Crippen LogP contribution in [0.2, 0.25) is 5.02 Å². The molecule has 178 valence electrons. The fraction of sp³-hybridized carbons (Fsp3) is 0.250. The van der Waals surface area contributed by atoms with E-state index in [4.69, 9.17) is 28.6 Å². The Hall–Kier alpha value is -2.88. The van der Waals surface area contributed by atoms with Gasteiger partial charge in [-0.05, 0) is 48.7 Å². The van der Waals surface area contributed by atoms with Crippen LogP contribution in [-0.2, 0) is 9.59 Å². The molecular weight excluding hydrogens is 494 g/mol. The lowest BCUT2D eigenvalue weighted by atomic mass is 10.1. The van der Waals surface area contributed by atoms with Crippen LogP contribution < -0.4 is 15.6 Å². The maximum Gasteiger partial charge on any atom is 0.273 e. The lowest BCUT2D eigenvalue weighted by Crippen LogP contribution is -2.41. The summed E-state index contributed by atoms with van der Waals surface area (Å²) < 4.78 is 5.67. The first-order valence-electron chi connectivity index (χ1n) is 10.6. The summed E-state index contributed by atoms with van der Waals surface area (Å²) in [5, 5.41) is 0.636. The topological polar surface area (TPSA) is 87.7 Å². The summed E-state index contributed by atoms with van der Waals surface area (Å²) in [6.45, 7) is 0.495. The normalized spacial score (nSPS) is 14.4. The second-order valence-electron chi connectivity index (χ2n) is 7.40. The number of nitrogens with zero attached hydrogens (tertiary/aromatic N) is 1. The van der Waals surface area contributed by atoms with Gasteiger partial charge < -0.3 is 4.74 Å². The molecule has 1 saturated heterocycles. The average Bonchev–Trinajstić information content (AvgIpc) is 3.10. The van der Waals surface area contributed by atoms with E-state index in [0.29, 0.717) is 44.9 Å². The lowest BCUT2D eigenvalue weighted by Gasteiger charge is -2.14. The number of hydrogen-bond donors (Lipinski definition) is 2. The molecule has 0 saturated carbocycles. The number of benzene rings is 2. The number of ether oxygens (including phenoxy) is 1. The number of carbonyl (C=O) groups excluding carboxylic acids is 3. The summed E-state index contributed by atoms with van der Waals surface area (Å²) in [5.41, 5.74) is 6.02. The molecule has 1 fully saturated rings. The Kier molecular flexibility index (Phi) is 9.50. The quantitative estimate of drug-likeness (QED) is 0.219. The Balaban J connectivity index is 1.37. The van der Waals surface area contributed by atoms with Gasteiger partial charge >= 0.3 is 0 Å². The number of halogens is 1. The molecule has 0 spiro atoms. The van der Waals surface area contributed by atoms with Crippen LogP contribution in [0.25, 0.3) is 6.08 Å². The van der Waals surface area contributed by atoms with Crippen molar-refractivity contribution in [3.05, 3.63) is 69.6 Å². The predicted octanol–water partition coefficient (Wildman–Crippen LogP) is 4.57. The molecule has 2 N–H and O–H groups in total. The van der Waals surface area contributed by atoms with Gasteiger partial charge in [-0.3, -0.25) is 30.1 Å². The first-order valence-corrected chi connectivity index (χ1v) is 12.2. The van der Waals surface area contributed by atoms with Crippen molar-refractivity contribution in [3.63, 3.8) is 0 Å². The highest BCUT2D eigenvalue weighted by Crippen LogP contribution is 2.33. The van der Waals surface area contributed by atoms with Crippen molar-refractivity contribution < 1.29 is 19.1 Å². The van der Waals surface area contributed by atoms with Crippen molar-refractivity contribution in [1.29, 1.82) is 0 Å². The van der Waals surface area contributed by atoms with Gasteiger partial charge in [0.2, 0.25) is 5.91 Å². The number of unbranched alkanes of at least 4 members (excludes halogenated alkanes) is 2. The standard InChI is InChI=1S/C24H24ClN3O4S2/c1-32-19-8-5-4-7-18(19)22(30)27-26-21(29)9-3-2-6-14-28-23(31)20(34-24(28)33)15-16-10-12-17(25)13-11-16/h4-5,7-8,10-13,15H,2-3,6,9,14H2,1H3,(H,26,29)(H,27,30). The molecule has 0 aliphatic carbocycles. The number of thioether (sulfide) groups is 1. The Morgan fingerprint density at radius 2 is 1.82 bits per heavy atom. The Bertz CT molecular complexity index is 1110. The van der Waals surface area contributed by atoms with E-state index in [2.05, 4.69) is 10.9 Å². The van der Waals surface area contributed by atoms with E-state index in [1.54, 1.807) is 47.4 Å². The molecule has 0 unspecified atom stereocenters. The number of hydrogen-bond acceptors (Lipinski definition) is 6. The monoisotopic (exact) mass is 517 g/mol. The van der Waals surface area contributed by atoms with Crippen molar-refractivity contribution in [3.8, 4) is 5.75 Å². The predicted molar refractivity (Wildman–Crippen MR) is 138 cm³/mol. The second-order valence-corrected chi connectivity index (χ2v) is 9.51. The number of rotatable bonds is 9. The number of methoxy groups -OCH3 is 1. The SMILES string of the molecule is COc1ccccc1C(=O)NNC(=O)CCCCCN1C(=O)C(=Cc2ccc(Cl)cc2)SC1=S. The van der Waals surface area contributed by atoms with E-state index in [1.807, 2.05) is 12.1 Å². The number of amides is 3. The molecule has 1 heterocycles. The van der Waals surface area contributed by atoms with Gasteiger partial charge in [-0.15, -0.1) is 0 Å². The zero-order chi connectivity index (χ0) is 24.5. The second kappa shape index (κ2) is 12.5. The minimum atomic E-state index is -0.452. The summed E-state index contributed by atoms with van der Waals surface area (Å²) in [5.74, 6) is -0.429. The first kappa shape index (κ1) is 25.7. The highest BCUT2D eigenvalue weighted by Gasteiger charge is 2.31. The van der Waals surface area contributed by atoms with Crippen molar-refractivity contribution in [2.24, 2.45) is 0 Å². The summed E-state index contributed by atoms with van der Waals surface area (Å²) in [4.78, 5) is 39.1. The van der Waals surface area contributed by atoms with Crippen LogP contribution in [0.15, 0.2) is 53.4 Å². The van der Waals surface area contributed by atoms with Crippen LogP contribution in [0.5, 0.6) is 5.75 Å². The molecule has 0 aromatic heterocycles. The lowest BCUT2D eigenvalue weighted by molar-refractivity contribution is -0.123. The Labute approximate surface area is 212 Å². The zero-order valence-corrected chi connectivity index (χ0v) is 20.9. The van der Waals surface area contributed by atoms with E-state index in [9.17, 15) is 14.4 Å². The number of nitrogens with one attached hydrogen (secondary N) is 2. The maximum absolute atomic E-state index is 12.7. The van der Waals surface area contributed by atoms with Gasteiger partial charge in [0.1, 0.15) is 10.1 Å². The van der Waals surface area contributed by atoms with Crippen LogP contribution in [0.3, 0.4) is 0 Å². The van der Waals surface area contributed by atoms with E-state index in [0.717, 1.165) is 12.0 Å². The third-order valence-corrected chi connectivity index (χ3v) is 6.62. The molecule has 2 aromatic carbocycles. The highest BCUT2D eigenvalue weighted by molar-refractivity contribution is 8.26. The third kappa shape index (κ3) is 7.06. The van der Waals surface area contributed by atoms with Crippen molar-refractivity contribution in [2.75, 3.05) is 13.7 Å². The number of thiocarbonyl (C=S) groups is 1. The third-order valence-electron chi connectivity index (χ3n) is 4.99. The largest absolute Gasteiger partial charge is 0.496 e. The molecule has 3 rings (SSSR count). The van der Waals surface area contributed by atoms with Crippen LogP contribution in [-0.4, -0.2) is 40.6 Å². The summed E-state index contributed by atoms with van der Waals surface area (Å²) in [6, 6.07) is 14.0. The van der Waals surface area contributed by atoms with Gasteiger partial charge in [-0.1, -0.05) is 66.3 Å². The van der Waals surface area contributed by atoms with Crippen LogP contribution >= 0.6 is 35.6 Å².